The van der Waals surface area contributed by atoms with Crippen LogP contribution in [0, 0.1) is 0 Å². The third-order valence-electron chi connectivity index (χ3n) is 1.66. The summed E-state index contributed by atoms with van der Waals surface area (Å²) in [6.45, 7) is 1.35. The monoisotopic (exact) mass is 219 g/mol. The van der Waals surface area contributed by atoms with E-state index in [9.17, 15) is 18.0 Å². The zero-order chi connectivity index (χ0) is 11.5. The second-order valence-corrected chi connectivity index (χ2v) is 2.64. The number of amides is 1. The molecule has 1 rings (SSSR count). The van der Waals surface area contributed by atoms with Gasteiger partial charge in [-0.15, -0.1) is 0 Å². The number of nitrogens with zero attached hydrogens (tertiary/aromatic N) is 3. The summed E-state index contributed by atoms with van der Waals surface area (Å²) >= 11 is 0. The lowest BCUT2D eigenvalue weighted by Gasteiger charge is -2.20. The molecule has 1 heterocycles. The van der Waals surface area contributed by atoms with Gasteiger partial charge in [0.25, 0.3) is 0 Å². The van der Waals surface area contributed by atoms with Gasteiger partial charge >= 0.3 is 12.1 Å². The van der Waals surface area contributed by atoms with Crippen molar-refractivity contribution < 1.29 is 18.0 Å². The minimum atomic E-state index is -4.88. The second kappa shape index (κ2) is 4.24. The van der Waals surface area contributed by atoms with E-state index in [-0.39, 0.29) is 12.2 Å². The summed E-state index contributed by atoms with van der Waals surface area (Å²) in [5, 5.41) is 0. The Kier molecular flexibility index (Phi) is 3.23. The SMILES string of the molecule is CCN(C(=O)C(F)(F)F)c1cncnc1. The van der Waals surface area contributed by atoms with Gasteiger partial charge in [-0.05, 0) is 6.92 Å². The third-order valence-corrected chi connectivity index (χ3v) is 1.66. The predicted octanol–water partition coefficient (Wildman–Crippen LogP) is 1.39. The smallest absolute Gasteiger partial charge is 0.302 e. The van der Waals surface area contributed by atoms with Gasteiger partial charge in [0, 0.05) is 6.54 Å². The van der Waals surface area contributed by atoms with Gasteiger partial charge in [-0.2, -0.15) is 13.2 Å². The number of carbonyl (C=O) groups excluding carboxylic acids is 1. The van der Waals surface area contributed by atoms with Crippen LogP contribution in [0.5, 0.6) is 0 Å². The van der Waals surface area contributed by atoms with E-state index in [0.29, 0.717) is 4.90 Å². The fourth-order valence-electron chi connectivity index (χ4n) is 1.03. The van der Waals surface area contributed by atoms with Crippen molar-refractivity contribution in [3.8, 4) is 0 Å². The topological polar surface area (TPSA) is 46.1 Å². The highest BCUT2D eigenvalue weighted by Gasteiger charge is 2.42. The van der Waals surface area contributed by atoms with Gasteiger partial charge in [-0.25, -0.2) is 9.97 Å². The summed E-state index contributed by atoms with van der Waals surface area (Å²) in [6.07, 6.45) is -1.40. The van der Waals surface area contributed by atoms with E-state index < -0.39 is 12.1 Å². The van der Waals surface area contributed by atoms with Crippen molar-refractivity contribution in [1.29, 1.82) is 0 Å². The highest BCUT2D eigenvalue weighted by atomic mass is 19.4. The van der Waals surface area contributed by atoms with Crippen molar-refractivity contribution >= 4 is 11.6 Å². The molecule has 1 aromatic rings. The molecule has 0 saturated carbocycles. The van der Waals surface area contributed by atoms with Gasteiger partial charge in [0.05, 0.1) is 18.1 Å². The standard InChI is InChI=1S/C8H8F3N3O/c1-2-14(7(15)8(9,10)11)6-3-12-5-13-4-6/h3-5H,2H2,1H3. The van der Waals surface area contributed by atoms with E-state index in [2.05, 4.69) is 9.97 Å². The first-order valence-electron chi connectivity index (χ1n) is 4.10. The lowest BCUT2D eigenvalue weighted by Crippen LogP contribution is -2.41. The molecule has 4 nitrogen and oxygen atoms in total. The molecule has 0 spiro atoms. The van der Waals surface area contributed by atoms with Crippen LogP contribution in [-0.4, -0.2) is 28.6 Å². The van der Waals surface area contributed by atoms with E-state index in [0.717, 1.165) is 12.4 Å². The van der Waals surface area contributed by atoms with Gasteiger partial charge in [0.15, 0.2) is 0 Å². The zero-order valence-electron chi connectivity index (χ0n) is 7.82. The number of hydrogen-bond acceptors (Lipinski definition) is 3. The first-order valence-corrected chi connectivity index (χ1v) is 4.10. The number of aromatic nitrogens is 2. The molecule has 0 aliphatic carbocycles. The van der Waals surface area contributed by atoms with Crippen molar-refractivity contribution in [3.63, 3.8) is 0 Å². The van der Waals surface area contributed by atoms with Crippen LogP contribution >= 0.6 is 0 Å². The highest BCUT2D eigenvalue weighted by Crippen LogP contribution is 2.22. The quantitative estimate of drug-likeness (QED) is 0.755. The molecule has 82 valence electrons. The fraction of sp³-hybridized carbons (Fsp3) is 0.375. The Balaban J connectivity index is 2.96. The molecule has 0 aromatic carbocycles. The zero-order valence-corrected chi connectivity index (χ0v) is 7.82. The third kappa shape index (κ3) is 2.64. The molecule has 0 fully saturated rings. The van der Waals surface area contributed by atoms with Crippen LogP contribution in [0.1, 0.15) is 6.92 Å². The van der Waals surface area contributed by atoms with Crippen LogP contribution in [0.3, 0.4) is 0 Å². The summed E-state index contributed by atoms with van der Waals surface area (Å²) in [4.78, 5) is 18.6. The molecule has 7 heteroatoms. The Morgan fingerprint density at radius 1 is 1.40 bits per heavy atom. The number of hydrogen-bond donors (Lipinski definition) is 0. The molecule has 0 N–H and O–H groups in total. The average Bonchev–Trinajstić information content (AvgIpc) is 2.19. The molecule has 0 unspecified atom stereocenters. The van der Waals surface area contributed by atoms with Gasteiger partial charge in [0.2, 0.25) is 0 Å². The Labute approximate surface area is 83.7 Å². The first-order chi connectivity index (χ1) is 6.96. The Bertz CT molecular complexity index is 339. The lowest BCUT2D eigenvalue weighted by atomic mass is 10.4. The van der Waals surface area contributed by atoms with E-state index in [1.54, 1.807) is 0 Å². The van der Waals surface area contributed by atoms with Crippen molar-refractivity contribution in [2.24, 2.45) is 0 Å². The Morgan fingerprint density at radius 2 is 1.93 bits per heavy atom. The number of rotatable bonds is 2. The van der Waals surface area contributed by atoms with E-state index in [4.69, 9.17) is 0 Å². The minimum absolute atomic E-state index is 0.0299. The number of anilines is 1. The number of carbonyl (C=O) groups is 1. The molecule has 0 bridgehead atoms. The van der Waals surface area contributed by atoms with Crippen molar-refractivity contribution in [1.82, 2.24) is 9.97 Å². The first kappa shape index (κ1) is 11.4. The minimum Gasteiger partial charge on any atom is -0.302 e. The number of halogens is 3. The Hall–Kier alpha value is -1.66. The van der Waals surface area contributed by atoms with Crippen molar-refractivity contribution in [2.75, 3.05) is 11.4 Å². The maximum absolute atomic E-state index is 12.1. The Morgan fingerprint density at radius 3 is 2.33 bits per heavy atom. The molecule has 0 radical (unpaired) electrons. The van der Waals surface area contributed by atoms with Crippen molar-refractivity contribution in [3.05, 3.63) is 18.7 Å². The van der Waals surface area contributed by atoms with Crippen LogP contribution in [0.25, 0.3) is 0 Å². The molecule has 1 amide bonds. The van der Waals surface area contributed by atoms with Crippen LogP contribution < -0.4 is 4.90 Å². The predicted molar refractivity (Wildman–Crippen MR) is 46.1 cm³/mol. The average molecular weight is 219 g/mol. The molecule has 0 aliphatic heterocycles. The summed E-state index contributed by atoms with van der Waals surface area (Å²) in [6, 6.07) is 0. The maximum Gasteiger partial charge on any atom is 0.471 e. The second-order valence-electron chi connectivity index (χ2n) is 2.64. The van der Waals surface area contributed by atoms with E-state index in [1.807, 2.05) is 0 Å². The number of alkyl halides is 3. The van der Waals surface area contributed by atoms with E-state index >= 15 is 0 Å². The van der Waals surface area contributed by atoms with Crippen LogP contribution in [-0.2, 0) is 4.79 Å². The summed E-state index contributed by atoms with van der Waals surface area (Å²) in [7, 11) is 0. The van der Waals surface area contributed by atoms with Gasteiger partial charge < -0.3 is 4.90 Å². The van der Waals surface area contributed by atoms with Crippen LogP contribution in [0.2, 0.25) is 0 Å². The van der Waals surface area contributed by atoms with Gasteiger partial charge in [0.1, 0.15) is 6.33 Å². The van der Waals surface area contributed by atoms with Crippen LogP contribution in [0.15, 0.2) is 18.7 Å². The summed E-state index contributed by atoms with van der Waals surface area (Å²) in [5.74, 6) is -1.92. The fourth-order valence-corrected chi connectivity index (χ4v) is 1.03. The molecule has 0 aliphatic rings. The summed E-state index contributed by atoms with van der Waals surface area (Å²) < 4.78 is 36.4. The molecule has 15 heavy (non-hydrogen) atoms. The highest BCUT2D eigenvalue weighted by molar-refractivity contribution is 5.96. The maximum atomic E-state index is 12.1. The largest absolute Gasteiger partial charge is 0.471 e. The molecule has 0 atom stereocenters. The molecule has 0 saturated heterocycles. The normalized spacial score (nSPS) is 11.2. The molecule has 1 aromatic heterocycles. The molecular weight excluding hydrogens is 211 g/mol. The lowest BCUT2D eigenvalue weighted by molar-refractivity contribution is -0.170. The van der Waals surface area contributed by atoms with Crippen LogP contribution in [0.4, 0.5) is 18.9 Å². The molecular formula is C8H8F3N3O. The van der Waals surface area contributed by atoms with Gasteiger partial charge in [-0.1, -0.05) is 0 Å². The van der Waals surface area contributed by atoms with Crippen molar-refractivity contribution in [2.45, 2.75) is 13.1 Å². The van der Waals surface area contributed by atoms with Gasteiger partial charge in [-0.3, -0.25) is 4.79 Å². The summed E-state index contributed by atoms with van der Waals surface area (Å²) in [5.41, 5.74) is 0.0299. The van der Waals surface area contributed by atoms with E-state index in [1.165, 1.54) is 13.3 Å².